The summed E-state index contributed by atoms with van der Waals surface area (Å²) in [6.07, 6.45) is 0. The van der Waals surface area contributed by atoms with Gasteiger partial charge in [-0.1, -0.05) is 30.3 Å². The van der Waals surface area contributed by atoms with Crippen LogP contribution in [-0.4, -0.2) is 28.8 Å². The number of aliphatic carboxylic acids is 1. The van der Waals surface area contributed by atoms with Gasteiger partial charge in [-0.05, 0) is 19.4 Å². The number of carbonyl (C=O) groups excluding carboxylic acids is 1. The molecule has 0 unspecified atom stereocenters. The van der Waals surface area contributed by atoms with Crippen molar-refractivity contribution < 1.29 is 14.7 Å². The van der Waals surface area contributed by atoms with Crippen molar-refractivity contribution in [3.8, 4) is 0 Å². The molecule has 0 saturated heterocycles. The Hall–Kier alpha value is -1.49. The average Bonchev–Trinajstić information content (AvgIpc) is 2.36. The highest BCUT2D eigenvalue weighted by Crippen LogP contribution is 2.23. The standard InChI is InChI=1S/C13H17NO3S/c1-13(2,9-6-4-3-5-7-9)12(17)14-10(8-18)11(15)16/h3-7,10,18H,8H2,1-2H3,(H,14,17)(H,15,16)/t10-/m0/s1. The number of thiol groups is 1. The van der Waals surface area contributed by atoms with Crippen molar-refractivity contribution in [2.75, 3.05) is 5.75 Å². The molecule has 0 fully saturated rings. The zero-order chi connectivity index (χ0) is 13.8. The monoisotopic (exact) mass is 267 g/mol. The molecule has 0 aliphatic carbocycles. The summed E-state index contributed by atoms with van der Waals surface area (Å²) in [5.74, 6) is -1.34. The summed E-state index contributed by atoms with van der Waals surface area (Å²) in [7, 11) is 0. The molecule has 18 heavy (non-hydrogen) atoms. The Balaban J connectivity index is 2.86. The number of carboxylic acid groups (broad SMARTS) is 1. The minimum atomic E-state index is -1.08. The molecule has 98 valence electrons. The van der Waals surface area contributed by atoms with Gasteiger partial charge in [-0.2, -0.15) is 12.6 Å². The lowest BCUT2D eigenvalue weighted by atomic mass is 9.83. The van der Waals surface area contributed by atoms with E-state index in [0.717, 1.165) is 5.56 Å². The summed E-state index contributed by atoms with van der Waals surface area (Å²) < 4.78 is 0. The number of rotatable bonds is 5. The molecule has 5 heteroatoms. The van der Waals surface area contributed by atoms with Crippen LogP contribution in [0, 0.1) is 0 Å². The van der Waals surface area contributed by atoms with Crippen LogP contribution in [0.4, 0.5) is 0 Å². The van der Waals surface area contributed by atoms with E-state index in [4.69, 9.17) is 5.11 Å². The predicted molar refractivity (Wildman–Crippen MR) is 72.9 cm³/mol. The van der Waals surface area contributed by atoms with Gasteiger partial charge in [-0.25, -0.2) is 4.79 Å². The number of carbonyl (C=O) groups is 2. The van der Waals surface area contributed by atoms with Gasteiger partial charge in [-0.15, -0.1) is 0 Å². The summed E-state index contributed by atoms with van der Waals surface area (Å²) in [6.45, 7) is 3.52. The summed E-state index contributed by atoms with van der Waals surface area (Å²) in [5.41, 5.74) is 0.0589. The Morgan fingerprint density at radius 1 is 1.33 bits per heavy atom. The van der Waals surface area contributed by atoms with E-state index < -0.39 is 17.4 Å². The zero-order valence-corrected chi connectivity index (χ0v) is 11.3. The van der Waals surface area contributed by atoms with E-state index in [0.29, 0.717) is 0 Å². The van der Waals surface area contributed by atoms with Gasteiger partial charge in [0.1, 0.15) is 6.04 Å². The van der Waals surface area contributed by atoms with Gasteiger partial charge < -0.3 is 10.4 Å². The molecular weight excluding hydrogens is 250 g/mol. The number of hydrogen-bond acceptors (Lipinski definition) is 3. The summed E-state index contributed by atoms with van der Waals surface area (Å²) in [5, 5.41) is 11.4. The maximum Gasteiger partial charge on any atom is 0.327 e. The van der Waals surface area contributed by atoms with Crippen molar-refractivity contribution in [1.82, 2.24) is 5.32 Å². The maximum absolute atomic E-state index is 12.1. The minimum Gasteiger partial charge on any atom is -0.480 e. The lowest BCUT2D eigenvalue weighted by molar-refractivity contribution is -0.141. The summed E-state index contributed by atoms with van der Waals surface area (Å²) in [6, 6.07) is 8.27. The summed E-state index contributed by atoms with van der Waals surface area (Å²) >= 11 is 3.92. The first-order valence-corrected chi connectivity index (χ1v) is 6.23. The molecule has 0 spiro atoms. The van der Waals surface area contributed by atoms with Crippen LogP contribution < -0.4 is 5.32 Å². The number of benzene rings is 1. The van der Waals surface area contributed by atoms with E-state index in [1.807, 2.05) is 30.3 Å². The predicted octanol–water partition coefficient (Wildman–Crippen LogP) is 1.46. The molecule has 0 bridgehead atoms. The Morgan fingerprint density at radius 2 is 1.89 bits per heavy atom. The Bertz CT molecular complexity index is 431. The number of amides is 1. The fourth-order valence-corrected chi connectivity index (χ4v) is 1.76. The Labute approximate surface area is 112 Å². The second-order valence-electron chi connectivity index (χ2n) is 4.54. The highest BCUT2D eigenvalue weighted by molar-refractivity contribution is 7.80. The zero-order valence-electron chi connectivity index (χ0n) is 10.4. The Kier molecular flexibility index (Phi) is 4.78. The molecule has 1 aromatic rings. The molecule has 2 N–H and O–H groups in total. The van der Waals surface area contributed by atoms with Gasteiger partial charge in [0, 0.05) is 5.75 Å². The van der Waals surface area contributed by atoms with E-state index >= 15 is 0 Å². The van der Waals surface area contributed by atoms with Crippen LogP contribution in [0.5, 0.6) is 0 Å². The molecule has 0 aliphatic rings. The fourth-order valence-electron chi connectivity index (χ4n) is 1.51. The molecule has 0 aromatic heterocycles. The van der Waals surface area contributed by atoms with E-state index in [1.165, 1.54) is 0 Å². The first-order chi connectivity index (χ1) is 8.39. The third-order valence-corrected chi connectivity index (χ3v) is 3.21. The van der Waals surface area contributed by atoms with E-state index in [9.17, 15) is 9.59 Å². The van der Waals surface area contributed by atoms with Gasteiger partial charge in [0.2, 0.25) is 5.91 Å². The largest absolute Gasteiger partial charge is 0.480 e. The topological polar surface area (TPSA) is 66.4 Å². The maximum atomic E-state index is 12.1. The van der Waals surface area contributed by atoms with E-state index in [-0.39, 0.29) is 11.7 Å². The third-order valence-electron chi connectivity index (χ3n) is 2.85. The molecule has 0 saturated carbocycles. The molecule has 0 aliphatic heterocycles. The molecule has 1 aromatic carbocycles. The number of carboxylic acids is 1. The van der Waals surface area contributed by atoms with Crippen LogP contribution in [0.15, 0.2) is 30.3 Å². The molecule has 1 rings (SSSR count). The SMILES string of the molecule is CC(C)(C(=O)N[C@@H](CS)C(=O)O)c1ccccc1. The average molecular weight is 267 g/mol. The van der Waals surface area contributed by atoms with Gasteiger partial charge in [-0.3, -0.25) is 4.79 Å². The van der Waals surface area contributed by atoms with Gasteiger partial charge in [0.05, 0.1) is 5.41 Å². The van der Waals surface area contributed by atoms with Crippen LogP contribution in [0.25, 0.3) is 0 Å². The second kappa shape index (κ2) is 5.91. The molecular formula is C13H17NO3S. The van der Waals surface area contributed by atoms with Crippen LogP contribution in [0.1, 0.15) is 19.4 Å². The number of hydrogen-bond donors (Lipinski definition) is 3. The normalized spacial score (nSPS) is 12.8. The van der Waals surface area contributed by atoms with Crippen molar-refractivity contribution in [1.29, 1.82) is 0 Å². The van der Waals surface area contributed by atoms with E-state index in [2.05, 4.69) is 17.9 Å². The highest BCUT2D eigenvalue weighted by atomic mass is 32.1. The molecule has 0 heterocycles. The first-order valence-electron chi connectivity index (χ1n) is 5.59. The molecule has 1 atom stereocenters. The number of nitrogens with one attached hydrogen (secondary N) is 1. The van der Waals surface area contributed by atoms with Crippen LogP contribution in [-0.2, 0) is 15.0 Å². The van der Waals surface area contributed by atoms with Crippen molar-refractivity contribution >= 4 is 24.5 Å². The highest BCUT2D eigenvalue weighted by Gasteiger charge is 2.32. The minimum absolute atomic E-state index is 0.0615. The van der Waals surface area contributed by atoms with Crippen molar-refractivity contribution in [2.45, 2.75) is 25.3 Å². The van der Waals surface area contributed by atoms with Crippen molar-refractivity contribution in [3.05, 3.63) is 35.9 Å². The van der Waals surface area contributed by atoms with Crippen LogP contribution in [0.2, 0.25) is 0 Å². The third kappa shape index (κ3) is 3.26. The van der Waals surface area contributed by atoms with E-state index in [1.54, 1.807) is 13.8 Å². The van der Waals surface area contributed by atoms with Gasteiger partial charge in [0.15, 0.2) is 0 Å². The van der Waals surface area contributed by atoms with Crippen LogP contribution >= 0.6 is 12.6 Å². The fraction of sp³-hybridized carbons (Fsp3) is 0.385. The lowest BCUT2D eigenvalue weighted by Gasteiger charge is -2.26. The van der Waals surface area contributed by atoms with Gasteiger partial charge >= 0.3 is 5.97 Å². The van der Waals surface area contributed by atoms with Crippen molar-refractivity contribution in [3.63, 3.8) is 0 Å². The smallest absolute Gasteiger partial charge is 0.327 e. The molecule has 4 nitrogen and oxygen atoms in total. The van der Waals surface area contributed by atoms with Gasteiger partial charge in [0.25, 0.3) is 0 Å². The Morgan fingerprint density at radius 3 is 2.33 bits per heavy atom. The lowest BCUT2D eigenvalue weighted by Crippen LogP contribution is -2.49. The molecule has 0 radical (unpaired) electrons. The summed E-state index contributed by atoms with van der Waals surface area (Å²) in [4.78, 5) is 23.0. The molecule has 1 amide bonds. The van der Waals surface area contributed by atoms with Crippen molar-refractivity contribution in [2.24, 2.45) is 0 Å². The quantitative estimate of drug-likeness (QED) is 0.708. The van der Waals surface area contributed by atoms with Crippen LogP contribution in [0.3, 0.4) is 0 Å². The second-order valence-corrected chi connectivity index (χ2v) is 4.90. The first kappa shape index (κ1) is 14.6.